The summed E-state index contributed by atoms with van der Waals surface area (Å²) in [6.07, 6.45) is 1.09. The van der Waals surface area contributed by atoms with E-state index in [1.54, 1.807) is 0 Å². The van der Waals surface area contributed by atoms with Gasteiger partial charge < -0.3 is 33.7 Å². The fourth-order valence-corrected chi connectivity index (χ4v) is 2.43. The molecule has 0 fully saturated rings. The lowest BCUT2D eigenvalue weighted by Gasteiger charge is -2.09. The molecule has 1 N–H and O–H groups in total. The Labute approximate surface area is 202 Å². The van der Waals surface area contributed by atoms with Gasteiger partial charge in [-0.3, -0.25) is 20.2 Å². The Morgan fingerprint density at radius 3 is 1.74 bits per heavy atom. The zero-order valence-electron chi connectivity index (χ0n) is 19.4. The Balaban J connectivity index is 1.90. The molecule has 0 bridgehead atoms. The number of hydrogen-bond donors (Lipinski definition) is 1. The van der Waals surface area contributed by atoms with Crippen molar-refractivity contribution in [2.75, 3.05) is 84.5 Å². The van der Waals surface area contributed by atoms with Gasteiger partial charge in [-0.25, -0.2) is 4.79 Å². The van der Waals surface area contributed by atoms with Crippen LogP contribution in [0.1, 0.15) is 0 Å². The van der Waals surface area contributed by atoms with Gasteiger partial charge in [-0.05, 0) is 6.07 Å². The highest BCUT2D eigenvalue weighted by molar-refractivity contribution is 5.81. The van der Waals surface area contributed by atoms with Crippen LogP contribution in [-0.4, -0.2) is 95.0 Å². The molecule has 0 aliphatic carbocycles. The lowest BCUT2D eigenvalue weighted by Crippen LogP contribution is -2.15. The summed E-state index contributed by atoms with van der Waals surface area (Å²) in [5, 5.41) is 24.6. The highest BCUT2D eigenvalue weighted by Crippen LogP contribution is 2.28. The van der Waals surface area contributed by atoms with Gasteiger partial charge in [-0.2, -0.15) is 0 Å². The summed E-state index contributed by atoms with van der Waals surface area (Å²) >= 11 is 0. The number of nitrogens with zero attached hydrogens (tertiary/aromatic N) is 2. The number of esters is 1. The molecule has 0 aliphatic rings. The molecule has 14 nitrogen and oxygen atoms in total. The maximum absolute atomic E-state index is 11.1. The van der Waals surface area contributed by atoms with Crippen LogP contribution in [0.4, 0.5) is 17.1 Å². The average molecular weight is 501 g/mol. The number of non-ortho nitro benzene ring substituents is 1. The Hall–Kier alpha value is -3.17. The summed E-state index contributed by atoms with van der Waals surface area (Å²) in [7, 11) is 0. The molecule has 0 radical (unpaired) electrons. The summed E-state index contributed by atoms with van der Waals surface area (Å²) < 4.78 is 31.4. The van der Waals surface area contributed by atoms with Gasteiger partial charge in [0.15, 0.2) is 0 Å². The molecule has 0 aromatic heterocycles. The van der Waals surface area contributed by atoms with Crippen LogP contribution in [0.5, 0.6) is 0 Å². The highest BCUT2D eigenvalue weighted by Gasteiger charge is 2.18. The number of benzene rings is 1. The van der Waals surface area contributed by atoms with Crippen molar-refractivity contribution in [2.45, 2.75) is 0 Å². The molecule has 35 heavy (non-hydrogen) atoms. The molecular weight excluding hydrogens is 470 g/mol. The first kappa shape index (κ1) is 29.9. The van der Waals surface area contributed by atoms with E-state index in [-0.39, 0.29) is 36.8 Å². The van der Waals surface area contributed by atoms with Crippen molar-refractivity contribution in [1.29, 1.82) is 0 Å². The normalized spacial score (nSPS) is 10.6. The molecule has 0 amide bonds. The molecule has 0 unspecified atom stereocenters. The van der Waals surface area contributed by atoms with Crippen LogP contribution in [0.3, 0.4) is 0 Å². The second kappa shape index (κ2) is 19.2. The van der Waals surface area contributed by atoms with Crippen LogP contribution in [0.25, 0.3) is 0 Å². The highest BCUT2D eigenvalue weighted by atomic mass is 16.6. The molecule has 14 heteroatoms. The molecule has 0 aliphatic heterocycles. The Morgan fingerprint density at radius 2 is 1.29 bits per heavy atom. The van der Waals surface area contributed by atoms with Crippen LogP contribution in [0.15, 0.2) is 30.9 Å². The molecule has 1 aromatic rings. The fraction of sp³-hybridized carbons (Fsp3) is 0.571. The minimum absolute atomic E-state index is 0.170. The maximum Gasteiger partial charge on any atom is 0.330 e. The van der Waals surface area contributed by atoms with Crippen molar-refractivity contribution in [1.82, 2.24) is 0 Å². The van der Waals surface area contributed by atoms with Crippen LogP contribution in [0.2, 0.25) is 0 Å². The zero-order chi connectivity index (χ0) is 25.7. The first-order valence-corrected chi connectivity index (χ1v) is 10.8. The number of carbonyl (C=O) groups excluding carboxylic acids is 1. The molecule has 0 saturated carbocycles. The summed E-state index contributed by atoms with van der Waals surface area (Å²) in [4.78, 5) is 31.2. The Bertz CT molecular complexity index is 792. The third-order valence-corrected chi connectivity index (χ3v) is 4.08. The number of anilines is 1. The van der Waals surface area contributed by atoms with Crippen molar-refractivity contribution >= 4 is 23.0 Å². The van der Waals surface area contributed by atoms with Crippen LogP contribution < -0.4 is 5.32 Å². The standard InChI is InChI=1S/C21H31N3O11/c1-2-21(25)35-16-15-34-14-13-33-12-11-32-10-9-31-8-7-30-6-5-22-19-4-3-18(23(26)27)17-20(19)24(28)29/h2-4,17,22H,1,5-16H2. The number of rotatable bonds is 22. The number of nitrogens with one attached hydrogen (secondary N) is 1. The Morgan fingerprint density at radius 1 is 0.800 bits per heavy atom. The van der Waals surface area contributed by atoms with Gasteiger partial charge in [-0.1, -0.05) is 6.58 Å². The summed E-state index contributed by atoms with van der Waals surface area (Å²) in [5.41, 5.74) is -0.537. The topological polar surface area (TPSA) is 171 Å². The van der Waals surface area contributed by atoms with Crippen molar-refractivity contribution in [3.05, 3.63) is 51.1 Å². The predicted molar refractivity (Wildman–Crippen MR) is 123 cm³/mol. The lowest BCUT2D eigenvalue weighted by atomic mass is 10.2. The van der Waals surface area contributed by atoms with Gasteiger partial charge in [0, 0.05) is 18.7 Å². The van der Waals surface area contributed by atoms with E-state index in [1.807, 2.05) is 0 Å². The summed E-state index contributed by atoms with van der Waals surface area (Å²) in [6, 6.07) is 3.40. The van der Waals surface area contributed by atoms with Crippen molar-refractivity contribution in [2.24, 2.45) is 0 Å². The molecule has 1 rings (SSSR count). The third kappa shape index (κ3) is 14.6. The van der Waals surface area contributed by atoms with Crippen LogP contribution in [0, 0.1) is 20.2 Å². The number of ether oxygens (including phenoxy) is 6. The third-order valence-electron chi connectivity index (χ3n) is 4.08. The minimum atomic E-state index is -0.688. The molecule has 1 aromatic carbocycles. The van der Waals surface area contributed by atoms with Crippen LogP contribution in [-0.2, 0) is 33.2 Å². The first-order valence-electron chi connectivity index (χ1n) is 10.8. The molecule has 196 valence electrons. The largest absolute Gasteiger partial charge is 0.460 e. The zero-order valence-corrected chi connectivity index (χ0v) is 19.4. The van der Waals surface area contributed by atoms with Crippen molar-refractivity contribution < 1.29 is 43.1 Å². The average Bonchev–Trinajstić information content (AvgIpc) is 2.84. The van der Waals surface area contributed by atoms with Gasteiger partial charge in [-0.15, -0.1) is 0 Å². The second-order valence-corrected chi connectivity index (χ2v) is 6.58. The van der Waals surface area contributed by atoms with E-state index >= 15 is 0 Å². The van der Waals surface area contributed by atoms with E-state index in [0.29, 0.717) is 59.5 Å². The van der Waals surface area contributed by atoms with E-state index < -0.39 is 15.8 Å². The number of hydrogen-bond acceptors (Lipinski definition) is 12. The van der Waals surface area contributed by atoms with E-state index in [9.17, 15) is 25.0 Å². The van der Waals surface area contributed by atoms with E-state index in [4.69, 9.17) is 28.4 Å². The van der Waals surface area contributed by atoms with Crippen LogP contribution >= 0.6 is 0 Å². The second-order valence-electron chi connectivity index (χ2n) is 6.58. The number of nitro benzene ring substituents is 2. The lowest BCUT2D eigenvalue weighted by molar-refractivity contribution is -0.393. The maximum atomic E-state index is 11.1. The fourth-order valence-electron chi connectivity index (χ4n) is 2.43. The van der Waals surface area contributed by atoms with E-state index in [0.717, 1.165) is 12.1 Å². The predicted octanol–water partition coefficient (Wildman–Crippen LogP) is 1.73. The van der Waals surface area contributed by atoms with Gasteiger partial charge in [0.2, 0.25) is 0 Å². The van der Waals surface area contributed by atoms with Crippen molar-refractivity contribution in [3.8, 4) is 0 Å². The molecule has 0 atom stereocenters. The number of carbonyl (C=O) groups is 1. The van der Waals surface area contributed by atoms with Gasteiger partial charge in [0.25, 0.3) is 11.4 Å². The quantitative estimate of drug-likeness (QED) is 0.0803. The van der Waals surface area contributed by atoms with E-state index in [1.165, 1.54) is 12.1 Å². The summed E-state index contributed by atoms with van der Waals surface area (Å²) in [5.74, 6) is -0.484. The first-order chi connectivity index (χ1) is 17.0. The smallest absolute Gasteiger partial charge is 0.330 e. The van der Waals surface area contributed by atoms with Gasteiger partial charge in [0.05, 0.1) is 82.0 Å². The molecule has 0 spiro atoms. The SMILES string of the molecule is C=CC(=O)OCCOCCOCCOCCOCCOCCNc1ccc([N+](=O)[O-])cc1[N+](=O)[O-]. The monoisotopic (exact) mass is 501 g/mol. The van der Waals surface area contributed by atoms with Gasteiger partial charge in [0.1, 0.15) is 12.3 Å². The minimum Gasteiger partial charge on any atom is -0.460 e. The van der Waals surface area contributed by atoms with E-state index in [2.05, 4.69) is 11.9 Å². The molecular formula is C21H31N3O11. The Kier molecular flexibility index (Phi) is 16.4. The van der Waals surface area contributed by atoms with Gasteiger partial charge >= 0.3 is 5.97 Å². The van der Waals surface area contributed by atoms with Crippen molar-refractivity contribution in [3.63, 3.8) is 0 Å². The molecule has 0 saturated heterocycles. The number of nitro groups is 2. The molecule has 0 heterocycles. The summed E-state index contributed by atoms with van der Waals surface area (Å²) in [6.45, 7) is 7.41.